The van der Waals surface area contributed by atoms with Crippen molar-refractivity contribution in [3.63, 3.8) is 0 Å². The molecule has 1 aliphatic rings. The van der Waals surface area contributed by atoms with Crippen molar-refractivity contribution in [2.45, 2.75) is 6.42 Å². The van der Waals surface area contributed by atoms with Crippen molar-refractivity contribution in [3.8, 4) is 0 Å². The van der Waals surface area contributed by atoms with Gasteiger partial charge in [-0.1, -0.05) is 18.2 Å². The summed E-state index contributed by atoms with van der Waals surface area (Å²) in [5.74, 6) is 0. The molecule has 0 saturated carbocycles. The first kappa shape index (κ1) is 13.8. The number of carbonyl (C=O) groups excluding carboxylic acids is 1. The summed E-state index contributed by atoms with van der Waals surface area (Å²) in [6, 6.07) is 9.56. The minimum absolute atomic E-state index is 0.00956. The van der Waals surface area contributed by atoms with Gasteiger partial charge in [-0.25, -0.2) is 4.79 Å². The molecule has 104 valence electrons. The van der Waals surface area contributed by atoms with Gasteiger partial charge in [-0.15, -0.1) is 0 Å². The van der Waals surface area contributed by atoms with Crippen LogP contribution in [0.25, 0.3) is 0 Å². The molecule has 1 heterocycles. The SMILES string of the molecule is NCCCN1CCN(C(=O)Nc2ccccc2)CC1. The van der Waals surface area contributed by atoms with E-state index >= 15 is 0 Å². The molecule has 1 aliphatic heterocycles. The van der Waals surface area contributed by atoms with Crippen LogP contribution in [0.5, 0.6) is 0 Å². The largest absolute Gasteiger partial charge is 0.330 e. The average Bonchev–Trinajstić information content (AvgIpc) is 2.46. The molecular formula is C14H22N4O. The maximum atomic E-state index is 12.1. The molecule has 0 unspecified atom stereocenters. The number of hydrogen-bond donors (Lipinski definition) is 2. The molecule has 1 aromatic rings. The molecule has 5 heteroatoms. The number of nitrogens with zero attached hydrogens (tertiary/aromatic N) is 2. The van der Waals surface area contributed by atoms with Crippen LogP contribution in [0.2, 0.25) is 0 Å². The molecule has 1 aromatic carbocycles. The fourth-order valence-electron chi connectivity index (χ4n) is 2.21. The summed E-state index contributed by atoms with van der Waals surface area (Å²) >= 11 is 0. The minimum atomic E-state index is -0.00956. The summed E-state index contributed by atoms with van der Waals surface area (Å²) in [5, 5.41) is 2.92. The van der Waals surface area contributed by atoms with Gasteiger partial charge in [-0.05, 0) is 31.6 Å². The summed E-state index contributed by atoms with van der Waals surface area (Å²) in [5.41, 5.74) is 6.35. The van der Waals surface area contributed by atoms with Crippen molar-refractivity contribution < 1.29 is 4.79 Å². The predicted octanol–water partition coefficient (Wildman–Crippen LogP) is 1.18. The Balaban J connectivity index is 1.76. The lowest BCUT2D eigenvalue weighted by Crippen LogP contribution is -2.50. The Hall–Kier alpha value is -1.59. The fourth-order valence-corrected chi connectivity index (χ4v) is 2.21. The maximum Gasteiger partial charge on any atom is 0.321 e. The Morgan fingerprint density at radius 1 is 1.16 bits per heavy atom. The number of rotatable bonds is 4. The summed E-state index contributed by atoms with van der Waals surface area (Å²) in [7, 11) is 0. The summed E-state index contributed by atoms with van der Waals surface area (Å²) in [6.45, 7) is 5.19. The number of carbonyl (C=O) groups is 1. The van der Waals surface area contributed by atoms with E-state index in [1.54, 1.807) is 0 Å². The van der Waals surface area contributed by atoms with Crippen LogP contribution in [-0.4, -0.2) is 55.1 Å². The van der Waals surface area contributed by atoms with E-state index in [1.807, 2.05) is 35.2 Å². The van der Waals surface area contributed by atoms with Crippen LogP contribution in [-0.2, 0) is 0 Å². The topological polar surface area (TPSA) is 61.6 Å². The van der Waals surface area contributed by atoms with E-state index in [2.05, 4.69) is 10.2 Å². The van der Waals surface area contributed by atoms with E-state index in [0.717, 1.165) is 51.4 Å². The third-order valence-electron chi connectivity index (χ3n) is 3.36. The minimum Gasteiger partial charge on any atom is -0.330 e. The van der Waals surface area contributed by atoms with Gasteiger partial charge < -0.3 is 16.0 Å². The van der Waals surface area contributed by atoms with Crippen LogP contribution in [0.15, 0.2) is 30.3 Å². The normalized spacial score (nSPS) is 16.4. The van der Waals surface area contributed by atoms with Crippen LogP contribution in [0, 0.1) is 0 Å². The second-order valence-electron chi connectivity index (χ2n) is 4.77. The molecule has 1 fully saturated rings. The predicted molar refractivity (Wildman–Crippen MR) is 77.1 cm³/mol. The molecule has 19 heavy (non-hydrogen) atoms. The smallest absolute Gasteiger partial charge is 0.321 e. The zero-order chi connectivity index (χ0) is 13.5. The second kappa shape index (κ2) is 7.11. The highest BCUT2D eigenvalue weighted by molar-refractivity contribution is 5.89. The van der Waals surface area contributed by atoms with E-state index in [-0.39, 0.29) is 6.03 Å². The molecule has 0 atom stereocenters. The number of nitrogens with one attached hydrogen (secondary N) is 1. The van der Waals surface area contributed by atoms with Gasteiger partial charge in [-0.2, -0.15) is 0 Å². The highest BCUT2D eigenvalue weighted by atomic mass is 16.2. The molecule has 2 rings (SSSR count). The van der Waals surface area contributed by atoms with Gasteiger partial charge in [0.25, 0.3) is 0 Å². The first-order chi connectivity index (χ1) is 9.29. The Labute approximate surface area is 114 Å². The van der Waals surface area contributed by atoms with Crippen molar-refractivity contribution in [2.75, 3.05) is 44.6 Å². The number of anilines is 1. The van der Waals surface area contributed by atoms with Gasteiger partial charge in [0.2, 0.25) is 0 Å². The van der Waals surface area contributed by atoms with Crippen LogP contribution in [0.3, 0.4) is 0 Å². The standard InChI is InChI=1S/C14H22N4O/c15-7-4-8-17-9-11-18(12-10-17)14(19)16-13-5-2-1-3-6-13/h1-3,5-6H,4,7-12,15H2,(H,16,19). The molecule has 2 amide bonds. The van der Waals surface area contributed by atoms with Gasteiger partial charge in [0.1, 0.15) is 0 Å². The van der Waals surface area contributed by atoms with E-state index in [0.29, 0.717) is 0 Å². The zero-order valence-corrected chi connectivity index (χ0v) is 11.2. The number of hydrogen-bond acceptors (Lipinski definition) is 3. The van der Waals surface area contributed by atoms with Crippen LogP contribution < -0.4 is 11.1 Å². The van der Waals surface area contributed by atoms with Gasteiger partial charge in [0.15, 0.2) is 0 Å². The molecule has 3 N–H and O–H groups in total. The van der Waals surface area contributed by atoms with Crippen LogP contribution >= 0.6 is 0 Å². The van der Waals surface area contributed by atoms with E-state index in [1.165, 1.54) is 0 Å². The van der Waals surface area contributed by atoms with Crippen LogP contribution in [0.4, 0.5) is 10.5 Å². The number of nitrogens with two attached hydrogens (primary N) is 1. The lowest BCUT2D eigenvalue weighted by molar-refractivity contribution is 0.147. The molecule has 0 aromatic heterocycles. The third kappa shape index (κ3) is 4.22. The Bertz CT molecular complexity index is 388. The Morgan fingerprint density at radius 2 is 1.84 bits per heavy atom. The molecule has 0 spiro atoms. The fraction of sp³-hybridized carbons (Fsp3) is 0.500. The molecule has 0 bridgehead atoms. The van der Waals surface area contributed by atoms with Crippen LogP contribution in [0.1, 0.15) is 6.42 Å². The average molecular weight is 262 g/mol. The number of benzene rings is 1. The molecular weight excluding hydrogens is 240 g/mol. The molecule has 0 radical (unpaired) electrons. The van der Waals surface area contributed by atoms with Crippen molar-refractivity contribution >= 4 is 11.7 Å². The lowest BCUT2D eigenvalue weighted by Gasteiger charge is -2.34. The number of urea groups is 1. The highest BCUT2D eigenvalue weighted by Crippen LogP contribution is 2.08. The van der Waals surface area contributed by atoms with E-state index in [4.69, 9.17) is 5.73 Å². The molecule has 0 aliphatic carbocycles. The second-order valence-corrected chi connectivity index (χ2v) is 4.77. The third-order valence-corrected chi connectivity index (χ3v) is 3.36. The number of para-hydroxylation sites is 1. The Kier molecular flexibility index (Phi) is 5.18. The van der Waals surface area contributed by atoms with E-state index < -0.39 is 0 Å². The summed E-state index contributed by atoms with van der Waals surface area (Å²) in [4.78, 5) is 16.3. The Morgan fingerprint density at radius 3 is 2.47 bits per heavy atom. The van der Waals surface area contributed by atoms with Crippen molar-refractivity contribution in [1.82, 2.24) is 9.80 Å². The molecule has 5 nitrogen and oxygen atoms in total. The lowest BCUT2D eigenvalue weighted by atomic mass is 10.3. The maximum absolute atomic E-state index is 12.1. The molecule has 1 saturated heterocycles. The number of piperazine rings is 1. The number of amides is 2. The van der Waals surface area contributed by atoms with Gasteiger partial charge in [0.05, 0.1) is 0 Å². The van der Waals surface area contributed by atoms with Gasteiger partial charge in [0, 0.05) is 31.9 Å². The quantitative estimate of drug-likeness (QED) is 0.856. The first-order valence-corrected chi connectivity index (χ1v) is 6.83. The van der Waals surface area contributed by atoms with Crippen molar-refractivity contribution in [3.05, 3.63) is 30.3 Å². The zero-order valence-electron chi connectivity index (χ0n) is 11.2. The highest BCUT2D eigenvalue weighted by Gasteiger charge is 2.20. The summed E-state index contributed by atoms with van der Waals surface area (Å²) < 4.78 is 0. The van der Waals surface area contributed by atoms with Crippen molar-refractivity contribution in [2.24, 2.45) is 5.73 Å². The summed E-state index contributed by atoms with van der Waals surface area (Å²) in [6.07, 6.45) is 1.02. The first-order valence-electron chi connectivity index (χ1n) is 6.83. The van der Waals surface area contributed by atoms with Gasteiger partial charge in [-0.3, -0.25) is 4.90 Å². The monoisotopic (exact) mass is 262 g/mol. The van der Waals surface area contributed by atoms with Gasteiger partial charge >= 0.3 is 6.03 Å². The van der Waals surface area contributed by atoms with Crippen molar-refractivity contribution in [1.29, 1.82) is 0 Å². The van der Waals surface area contributed by atoms with E-state index in [9.17, 15) is 4.79 Å².